The molecule has 20 heavy (non-hydrogen) atoms. The van der Waals surface area contributed by atoms with Crippen LogP contribution in [0, 0.1) is 6.92 Å². The molecule has 1 aromatic heterocycles. The van der Waals surface area contributed by atoms with Gasteiger partial charge in [-0.25, -0.2) is 0 Å². The van der Waals surface area contributed by atoms with E-state index >= 15 is 0 Å². The molecule has 0 radical (unpaired) electrons. The Morgan fingerprint density at radius 1 is 1.45 bits per heavy atom. The summed E-state index contributed by atoms with van der Waals surface area (Å²) >= 11 is 0. The molecule has 6 heteroatoms. The number of nitrogens with one attached hydrogen (secondary N) is 3. The molecular weight excluding hydrogens is 256 g/mol. The van der Waals surface area contributed by atoms with E-state index in [-0.39, 0.29) is 5.91 Å². The second kappa shape index (κ2) is 4.88. The van der Waals surface area contributed by atoms with Crippen molar-refractivity contribution >= 4 is 17.3 Å². The highest BCUT2D eigenvalue weighted by Gasteiger charge is 2.23. The number of aromatic nitrogens is 2. The number of hydrogen-bond donors (Lipinski definition) is 3. The number of rotatable bonds is 3. The van der Waals surface area contributed by atoms with Gasteiger partial charge >= 0.3 is 0 Å². The van der Waals surface area contributed by atoms with Crippen LogP contribution >= 0.6 is 0 Å². The summed E-state index contributed by atoms with van der Waals surface area (Å²) in [5.41, 5.74) is 3.77. The summed E-state index contributed by atoms with van der Waals surface area (Å²) in [5.74, 6) is 0.572. The lowest BCUT2D eigenvalue weighted by molar-refractivity contribution is -0.122. The van der Waals surface area contributed by atoms with E-state index in [9.17, 15) is 4.79 Å². The molecule has 0 aliphatic carbocycles. The fourth-order valence-electron chi connectivity index (χ4n) is 2.07. The van der Waals surface area contributed by atoms with Crippen LogP contribution in [-0.2, 0) is 11.3 Å². The summed E-state index contributed by atoms with van der Waals surface area (Å²) in [7, 11) is 0. The van der Waals surface area contributed by atoms with Crippen molar-refractivity contribution in [1.29, 1.82) is 0 Å². The SMILES string of the molecule is Cc1[nH]ncc1CNc1ccc2c(c1)NC(=O)C(C)O2. The Morgan fingerprint density at radius 2 is 2.30 bits per heavy atom. The molecule has 1 amide bonds. The van der Waals surface area contributed by atoms with E-state index in [1.165, 1.54) is 0 Å². The lowest BCUT2D eigenvalue weighted by Crippen LogP contribution is -2.34. The summed E-state index contributed by atoms with van der Waals surface area (Å²) in [6.07, 6.45) is 1.35. The fourth-order valence-corrected chi connectivity index (χ4v) is 2.07. The van der Waals surface area contributed by atoms with Gasteiger partial charge < -0.3 is 15.4 Å². The van der Waals surface area contributed by atoms with Gasteiger partial charge in [0.1, 0.15) is 5.75 Å². The van der Waals surface area contributed by atoms with Crippen molar-refractivity contribution in [2.45, 2.75) is 26.5 Å². The van der Waals surface area contributed by atoms with E-state index < -0.39 is 6.10 Å². The van der Waals surface area contributed by atoms with Crippen LogP contribution in [0.25, 0.3) is 0 Å². The third-order valence-corrected chi connectivity index (χ3v) is 3.33. The summed E-state index contributed by atoms with van der Waals surface area (Å²) in [4.78, 5) is 11.6. The van der Waals surface area contributed by atoms with E-state index in [4.69, 9.17) is 4.74 Å². The van der Waals surface area contributed by atoms with Gasteiger partial charge in [0.2, 0.25) is 0 Å². The highest BCUT2D eigenvalue weighted by Crippen LogP contribution is 2.32. The fraction of sp³-hybridized carbons (Fsp3) is 0.286. The number of fused-ring (bicyclic) bond motifs is 1. The quantitative estimate of drug-likeness (QED) is 0.799. The van der Waals surface area contributed by atoms with Crippen LogP contribution in [0.5, 0.6) is 5.75 Å². The number of H-pyrrole nitrogens is 1. The minimum absolute atomic E-state index is 0.125. The molecule has 2 aromatic rings. The van der Waals surface area contributed by atoms with E-state index in [0.717, 1.165) is 16.9 Å². The van der Waals surface area contributed by atoms with Crippen LogP contribution in [0.1, 0.15) is 18.2 Å². The van der Waals surface area contributed by atoms with Gasteiger partial charge in [0.25, 0.3) is 5.91 Å². The molecule has 1 aromatic carbocycles. The second-order valence-electron chi connectivity index (χ2n) is 4.83. The maximum absolute atomic E-state index is 11.6. The minimum atomic E-state index is -0.449. The Morgan fingerprint density at radius 3 is 3.05 bits per heavy atom. The van der Waals surface area contributed by atoms with E-state index in [1.54, 1.807) is 13.1 Å². The average Bonchev–Trinajstić information content (AvgIpc) is 2.83. The predicted octanol–water partition coefficient (Wildman–Crippen LogP) is 2.05. The molecule has 0 bridgehead atoms. The summed E-state index contributed by atoms with van der Waals surface area (Å²) in [6, 6.07) is 5.66. The second-order valence-corrected chi connectivity index (χ2v) is 4.83. The zero-order valence-corrected chi connectivity index (χ0v) is 11.4. The normalized spacial score (nSPS) is 17.1. The number of ether oxygens (including phenoxy) is 1. The van der Waals surface area contributed by atoms with Crippen LogP contribution in [0.3, 0.4) is 0 Å². The lowest BCUT2D eigenvalue weighted by Gasteiger charge is -2.23. The Bertz CT molecular complexity index is 650. The topological polar surface area (TPSA) is 79.0 Å². The Labute approximate surface area is 116 Å². The summed E-state index contributed by atoms with van der Waals surface area (Å²) < 4.78 is 5.51. The largest absolute Gasteiger partial charge is 0.479 e. The summed E-state index contributed by atoms with van der Waals surface area (Å²) in [6.45, 7) is 4.38. The first-order chi connectivity index (χ1) is 9.63. The van der Waals surface area contributed by atoms with Gasteiger partial charge in [0.05, 0.1) is 11.9 Å². The van der Waals surface area contributed by atoms with E-state index in [1.807, 2.05) is 25.1 Å². The lowest BCUT2D eigenvalue weighted by atomic mass is 10.2. The smallest absolute Gasteiger partial charge is 0.265 e. The maximum atomic E-state index is 11.6. The van der Waals surface area contributed by atoms with Crippen molar-refractivity contribution in [2.24, 2.45) is 0 Å². The maximum Gasteiger partial charge on any atom is 0.265 e. The third-order valence-electron chi connectivity index (χ3n) is 3.33. The van der Waals surface area contributed by atoms with Gasteiger partial charge in [-0.2, -0.15) is 5.10 Å². The number of aryl methyl sites for hydroxylation is 1. The third kappa shape index (κ3) is 2.32. The predicted molar refractivity (Wildman–Crippen MR) is 75.8 cm³/mol. The first-order valence-electron chi connectivity index (χ1n) is 6.48. The number of carbonyl (C=O) groups is 1. The molecule has 3 rings (SSSR count). The minimum Gasteiger partial charge on any atom is -0.479 e. The van der Waals surface area contributed by atoms with Gasteiger partial charge in [-0.3, -0.25) is 9.89 Å². The highest BCUT2D eigenvalue weighted by molar-refractivity contribution is 5.98. The standard InChI is InChI=1S/C14H16N4O2/c1-8-10(7-16-18-8)6-15-11-3-4-13-12(5-11)17-14(19)9(2)20-13/h3-5,7,9,15H,6H2,1-2H3,(H,16,18)(H,17,19). The number of aromatic amines is 1. The number of nitrogens with zero attached hydrogens (tertiary/aromatic N) is 1. The van der Waals surface area contributed by atoms with Crippen molar-refractivity contribution in [3.63, 3.8) is 0 Å². The van der Waals surface area contributed by atoms with Crippen molar-refractivity contribution < 1.29 is 9.53 Å². The molecule has 1 aliphatic rings. The van der Waals surface area contributed by atoms with E-state index in [2.05, 4.69) is 20.8 Å². The zero-order chi connectivity index (χ0) is 14.1. The van der Waals surface area contributed by atoms with Gasteiger partial charge in [-0.1, -0.05) is 0 Å². The number of carbonyl (C=O) groups excluding carboxylic acids is 1. The molecule has 1 unspecified atom stereocenters. The van der Waals surface area contributed by atoms with Gasteiger partial charge in [-0.15, -0.1) is 0 Å². The van der Waals surface area contributed by atoms with Crippen LogP contribution in [0.4, 0.5) is 11.4 Å². The molecule has 0 spiro atoms. The van der Waals surface area contributed by atoms with Crippen molar-refractivity contribution in [3.05, 3.63) is 35.7 Å². The van der Waals surface area contributed by atoms with Crippen LogP contribution < -0.4 is 15.4 Å². The van der Waals surface area contributed by atoms with Gasteiger partial charge in [0, 0.05) is 23.5 Å². The molecule has 1 aliphatic heterocycles. The molecular formula is C14H16N4O2. The molecule has 3 N–H and O–H groups in total. The number of hydrogen-bond acceptors (Lipinski definition) is 4. The highest BCUT2D eigenvalue weighted by atomic mass is 16.5. The Kier molecular flexibility index (Phi) is 3.06. The Hall–Kier alpha value is -2.50. The zero-order valence-electron chi connectivity index (χ0n) is 11.4. The molecule has 1 atom stereocenters. The van der Waals surface area contributed by atoms with Crippen LogP contribution in [0.15, 0.2) is 24.4 Å². The van der Waals surface area contributed by atoms with E-state index in [0.29, 0.717) is 18.0 Å². The molecule has 6 nitrogen and oxygen atoms in total. The average molecular weight is 272 g/mol. The van der Waals surface area contributed by atoms with Crippen LogP contribution in [0.2, 0.25) is 0 Å². The number of anilines is 2. The van der Waals surface area contributed by atoms with Crippen molar-refractivity contribution in [1.82, 2.24) is 10.2 Å². The molecule has 0 fully saturated rings. The van der Waals surface area contributed by atoms with Gasteiger partial charge in [0.15, 0.2) is 6.10 Å². The first-order valence-corrected chi connectivity index (χ1v) is 6.48. The van der Waals surface area contributed by atoms with Gasteiger partial charge in [-0.05, 0) is 32.0 Å². The Balaban J connectivity index is 1.74. The number of benzene rings is 1. The monoisotopic (exact) mass is 272 g/mol. The first kappa shape index (κ1) is 12.5. The molecule has 2 heterocycles. The van der Waals surface area contributed by atoms with Crippen LogP contribution in [-0.4, -0.2) is 22.2 Å². The van der Waals surface area contributed by atoms with Crippen molar-refractivity contribution in [3.8, 4) is 5.75 Å². The van der Waals surface area contributed by atoms with Crippen molar-refractivity contribution in [2.75, 3.05) is 10.6 Å². The molecule has 104 valence electrons. The molecule has 0 saturated carbocycles. The number of amides is 1. The molecule has 0 saturated heterocycles. The summed E-state index contributed by atoms with van der Waals surface area (Å²) in [5, 5.41) is 13.0.